The van der Waals surface area contributed by atoms with Gasteiger partial charge in [0.2, 0.25) is 0 Å². The average Bonchev–Trinajstić information content (AvgIpc) is 3.26. The van der Waals surface area contributed by atoms with Gasteiger partial charge in [0.1, 0.15) is 5.76 Å². The number of furan rings is 1. The van der Waals surface area contributed by atoms with Crippen LogP contribution in [0.1, 0.15) is 18.6 Å². The van der Waals surface area contributed by atoms with Crippen LogP contribution in [0.25, 0.3) is 11.0 Å². The molecule has 6 nitrogen and oxygen atoms in total. The Hall–Kier alpha value is -2.05. The van der Waals surface area contributed by atoms with Crippen molar-refractivity contribution in [1.82, 2.24) is 10.2 Å². The number of carbonyl (C=O) groups excluding carboxylic acids is 1. The van der Waals surface area contributed by atoms with Gasteiger partial charge in [0.25, 0.3) is 0 Å². The summed E-state index contributed by atoms with van der Waals surface area (Å²) >= 11 is 0. The zero-order chi connectivity index (χ0) is 16.5. The molecule has 0 spiro atoms. The fourth-order valence-electron chi connectivity index (χ4n) is 3.73. The SMILES string of the molecule is Cc1cc2cccc(NC(=O)N[C@H]3COC[C@@H]3N3CCCC3)c2o1. The van der Waals surface area contributed by atoms with Crippen LogP contribution >= 0.6 is 0 Å². The first-order chi connectivity index (χ1) is 11.7. The van der Waals surface area contributed by atoms with Crippen LogP contribution in [0.4, 0.5) is 10.5 Å². The molecular formula is C18H23N3O3. The van der Waals surface area contributed by atoms with Crippen molar-refractivity contribution in [3.63, 3.8) is 0 Å². The third-order valence-electron chi connectivity index (χ3n) is 4.89. The highest BCUT2D eigenvalue weighted by molar-refractivity contribution is 5.99. The molecule has 128 valence electrons. The molecule has 0 radical (unpaired) electrons. The molecule has 2 aromatic rings. The first kappa shape index (κ1) is 15.5. The number of carbonyl (C=O) groups is 1. The van der Waals surface area contributed by atoms with Crippen molar-refractivity contribution in [2.75, 3.05) is 31.6 Å². The molecular weight excluding hydrogens is 306 g/mol. The normalized spacial score (nSPS) is 24.5. The first-order valence-electron chi connectivity index (χ1n) is 8.59. The molecule has 1 aromatic carbocycles. The van der Waals surface area contributed by atoms with Crippen LogP contribution in [0.3, 0.4) is 0 Å². The van der Waals surface area contributed by atoms with Crippen LogP contribution in [-0.4, -0.2) is 49.3 Å². The van der Waals surface area contributed by atoms with E-state index >= 15 is 0 Å². The van der Waals surface area contributed by atoms with Gasteiger partial charge in [-0.2, -0.15) is 0 Å². The van der Waals surface area contributed by atoms with Crippen LogP contribution in [0.2, 0.25) is 0 Å². The molecule has 2 fully saturated rings. The van der Waals surface area contributed by atoms with Crippen LogP contribution < -0.4 is 10.6 Å². The van der Waals surface area contributed by atoms with Crippen LogP contribution in [-0.2, 0) is 4.74 Å². The maximum atomic E-state index is 12.4. The second kappa shape index (κ2) is 6.45. The summed E-state index contributed by atoms with van der Waals surface area (Å²) in [5.41, 5.74) is 1.40. The molecule has 2 aliphatic heterocycles. The standard InChI is InChI=1S/C18H23N3O3/c1-12-9-13-5-4-6-14(17(13)24-12)19-18(22)20-15-10-23-11-16(15)21-7-2-3-8-21/h4-6,9,15-16H,2-3,7-8,10-11H2,1H3,(H2,19,20,22)/t15-,16-/m0/s1. The predicted molar refractivity (Wildman–Crippen MR) is 92.3 cm³/mol. The van der Waals surface area contributed by atoms with E-state index in [1.165, 1.54) is 12.8 Å². The topological polar surface area (TPSA) is 66.7 Å². The zero-order valence-electron chi connectivity index (χ0n) is 13.9. The van der Waals surface area contributed by atoms with Crippen molar-refractivity contribution >= 4 is 22.7 Å². The molecule has 2 N–H and O–H groups in total. The number of nitrogens with zero attached hydrogens (tertiary/aromatic N) is 1. The van der Waals surface area contributed by atoms with Crippen molar-refractivity contribution in [2.24, 2.45) is 0 Å². The second-order valence-electron chi connectivity index (χ2n) is 6.63. The summed E-state index contributed by atoms with van der Waals surface area (Å²) in [5.74, 6) is 0.831. The third-order valence-corrected chi connectivity index (χ3v) is 4.89. The molecule has 24 heavy (non-hydrogen) atoms. The van der Waals surface area contributed by atoms with Crippen LogP contribution in [0.15, 0.2) is 28.7 Å². The van der Waals surface area contributed by atoms with E-state index in [2.05, 4.69) is 15.5 Å². The van der Waals surface area contributed by atoms with Gasteiger partial charge in [0.15, 0.2) is 5.58 Å². The van der Waals surface area contributed by atoms with E-state index in [1.54, 1.807) is 0 Å². The summed E-state index contributed by atoms with van der Waals surface area (Å²) < 4.78 is 11.3. The monoisotopic (exact) mass is 329 g/mol. The molecule has 0 bridgehead atoms. The predicted octanol–water partition coefficient (Wildman–Crippen LogP) is 2.73. The van der Waals surface area contributed by atoms with Crippen molar-refractivity contribution in [3.8, 4) is 0 Å². The summed E-state index contributed by atoms with van der Waals surface area (Å²) in [6.45, 7) is 5.36. The summed E-state index contributed by atoms with van der Waals surface area (Å²) in [5, 5.41) is 6.98. The molecule has 2 saturated heterocycles. The number of amides is 2. The summed E-state index contributed by atoms with van der Waals surface area (Å²) in [6.07, 6.45) is 2.46. The number of likely N-dealkylation sites (tertiary alicyclic amines) is 1. The number of fused-ring (bicyclic) bond motifs is 1. The summed E-state index contributed by atoms with van der Waals surface area (Å²) in [6, 6.07) is 7.80. The van der Waals surface area contributed by atoms with Crippen LogP contribution in [0, 0.1) is 6.92 Å². The zero-order valence-corrected chi connectivity index (χ0v) is 13.9. The van der Waals surface area contributed by atoms with E-state index in [4.69, 9.17) is 9.15 Å². The number of nitrogens with one attached hydrogen (secondary N) is 2. The number of hydrogen-bond donors (Lipinski definition) is 2. The van der Waals surface area contributed by atoms with Gasteiger partial charge in [-0.3, -0.25) is 4.90 Å². The van der Waals surface area contributed by atoms with Gasteiger partial charge in [-0.25, -0.2) is 4.79 Å². The van der Waals surface area contributed by atoms with E-state index in [0.717, 1.165) is 24.2 Å². The fraction of sp³-hybridized carbons (Fsp3) is 0.500. The van der Waals surface area contributed by atoms with Crippen molar-refractivity contribution in [2.45, 2.75) is 31.8 Å². The van der Waals surface area contributed by atoms with Gasteiger partial charge in [-0.05, 0) is 45.0 Å². The molecule has 2 aliphatic rings. The Balaban J connectivity index is 1.44. The number of aryl methyl sites for hydroxylation is 1. The quantitative estimate of drug-likeness (QED) is 0.909. The number of benzene rings is 1. The lowest BCUT2D eigenvalue weighted by Crippen LogP contribution is -2.51. The van der Waals surface area contributed by atoms with Crippen molar-refractivity contribution < 1.29 is 13.9 Å². The van der Waals surface area contributed by atoms with E-state index in [1.807, 2.05) is 31.2 Å². The fourth-order valence-corrected chi connectivity index (χ4v) is 3.73. The van der Waals surface area contributed by atoms with Gasteiger partial charge in [-0.15, -0.1) is 0 Å². The second-order valence-corrected chi connectivity index (χ2v) is 6.63. The van der Waals surface area contributed by atoms with Crippen LogP contribution in [0.5, 0.6) is 0 Å². The minimum atomic E-state index is -0.212. The smallest absolute Gasteiger partial charge is 0.319 e. The third kappa shape index (κ3) is 2.99. The Morgan fingerprint density at radius 2 is 2.08 bits per heavy atom. The highest BCUT2D eigenvalue weighted by Gasteiger charge is 2.35. The largest absolute Gasteiger partial charge is 0.459 e. The van der Waals surface area contributed by atoms with E-state index in [0.29, 0.717) is 24.5 Å². The number of anilines is 1. The number of hydrogen-bond acceptors (Lipinski definition) is 4. The Morgan fingerprint density at radius 1 is 1.25 bits per heavy atom. The minimum absolute atomic E-state index is 0.0284. The average molecular weight is 329 g/mol. The molecule has 0 saturated carbocycles. The van der Waals surface area contributed by atoms with Gasteiger partial charge in [0.05, 0.1) is 31.0 Å². The van der Waals surface area contributed by atoms with Gasteiger partial charge in [0, 0.05) is 5.39 Å². The Labute approximate surface area is 141 Å². The molecule has 2 atom stereocenters. The maximum Gasteiger partial charge on any atom is 0.319 e. The highest BCUT2D eigenvalue weighted by atomic mass is 16.5. The molecule has 0 unspecified atom stereocenters. The van der Waals surface area contributed by atoms with Gasteiger partial charge in [-0.1, -0.05) is 12.1 Å². The summed E-state index contributed by atoms with van der Waals surface area (Å²) in [7, 11) is 0. The minimum Gasteiger partial charge on any atom is -0.459 e. The summed E-state index contributed by atoms with van der Waals surface area (Å²) in [4.78, 5) is 14.9. The van der Waals surface area contributed by atoms with Gasteiger partial charge >= 0.3 is 6.03 Å². The molecule has 6 heteroatoms. The van der Waals surface area contributed by atoms with E-state index < -0.39 is 0 Å². The molecule has 2 amide bonds. The van der Waals surface area contributed by atoms with E-state index in [-0.39, 0.29) is 18.1 Å². The molecule has 0 aliphatic carbocycles. The molecule has 3 heterocycles. The Kier molecular flexibility index (Phi) is 4.16. The molecule has 4 rings (SSSR count). The Morgan fingerprint density at radius 3 is 2.92 bits per heavy atom. The number of rotatable bonds is 3. The van der Waals surface area contributed by atoms with Gasteiger partial charge < -0.3 is 19.8 Å². The number of urea groups is 1. The number of ether oxygens (including phenoxy) is 1. The number of para-hydroxylation sites is 1. The lowest BCUT2D eigenvalue weighted by atomic mass is 10.1. The lowest BCUT2D eigenvalue weighted by molar-refractivity contribution is 0.159. The van der Waals surface area contributed by atoms with E-state index in [9.17, 15) is 4.79 Å². The molecule has 1 aromatic heterocycles. The lowest BCUT2D eigenvalue weighted by Gasteiger charge is -2.27. The van der Waals surface area contributed by atoms with Crippen molar-refractivity contribution in [3.05, 3.63) is 30.0 Å². The van der Waals surface area contributed by atoms with Crippen molar-refractivity contribution in [1.29, 1.82) is 0 Å². The highest BCUT2D eigenvalue weighted by Crippen LogP contribution is 2.26. The Bertz CT molecular complexity index is 736. The first-order valence-corrected chi connectivity index (χ1v) is 8.59. The maximum absolute atomic E-state index is 12.4.